The second kappa shape index (κ2) is 7.58. The van der Waals surface area contributed by atoms with Gasteiger partial charge in [0.2, 0.25) is 0 Å². The molecule has 140 valence electrons. The predicted molar refractivity (Wildman–Crippen MR) is 93.3 cm³/mol. The van der Waals surface area contributed by atoms with Crippen LogP contribution in [-0.4, -0.2) is 13.2 Å². The highest BCUT2D eigenvalue weighted by molar-refractivity contribution is 5.44. The minimum absolute atomic E-state index is 0.0135. The quantitative estimate of drug-likeness (QED) is 0.812. The Bertz CT molecular complexity index is 759. The second-order valence-electron chi connectivity index (χ2n) is 6.70. The molecule has 1 aliphatic rings. The highest BCUT2D eigenvalue weighted by atomic mass is 19.4. The summed E-state index contributed by atoms with van der Waals surface area (Å²) in [4.78, 5) is 0. The fourth-order valence-corrected chi connectivity index (χ4v) is 3.08. The molecule has 1 heterocycles. The highest BCUT2D eigenvalue weighted by Gasteiger charge is 2.30. The average molecular weight is 365 g/mol. The summed E-state index contributed by atoms with van der Waals surface area (Å²) in [5.41, 5.74) is 0.997. The Morgan fingerprint density at radius 2 is 1.73 bits per heavy atom. The Balaban J connectivity index is 1.76. The lowest BCUT2D eigenvalue weighted by molar-refractivity contribution is -0.137. The van der Waals surface area contributed by atoms with Gasteiger partial charge in [-0.3, -0.25) is 0 Å². The predicted octanol–water partition coefficient (Wildman–Crippen LogP) is 4.96. The van der Waals surface area contributed by atoms with Crippen LogP contribution >= 0.6 is 0 Å². The smallest absolute Gasteiger partial charge is 0.416 e. The van der Waals surface area contributed by atoms with Crippen LogP contribution in [0.3, 0.4) is 0 Å². The minimum Gasteiger partial charge on any atom is -0.486 e. The molecule has 0 amide bonds. The summed E-state index contributed by atoms with van der Waals surface area (Å²) >= 11 is 0. The Labute approximate surface area is 151 Å². The van der Waals surface area contributed by atoms with Crippen molar-refractivity contribution in [2.24, 2.45) is 5.92 Å². The number of fused-ring (bicyclic) bond motifs is 1. The van der Waals surface area contributed by atoms with E-state index in [4.69, 9.17) is 9.47 Å². The SMILES string of the molecule is CC(C)C(NCc1cccc(C(F)(F)F)c1)c1ccc2c(c1)OCCO2. The first-order valence-electron chi connectivity index (χ1n) is 8.63. The molecule has 2 aromatic rings. The molecule has 1 aliphatic heterocycles. The zero-order valence-corrected chi connectivity index (χ0v) is 14.8. The van der Waals surface area contributed by atoms with E-state index in [1.165, 1.54) is 12.1 Å². The van der Waals surface area contributed by atoms with Crippen LogP contribution in [0.15, 0.2) is 42.5 Å². The van der Waals surface area contributed by atoms with Gasteiger partial charge in [0.25, 0.3) is 0 Å². The number of rotatable bonds is 5. The lowest BCUT2D eigenvalue weighted by atomic mass is 9.95. The molecule has 0 radical (unpaired) electrons. The first-order chi connectivity index (χ1) is 12.3. The fourth-order valence-electron chi connectivity index (χ4n) is 3.08. The number of halogens is 3. The maximum Gasteiger partial charge on any atom is 0.416 e. The molecule has 3 rings (SSSR count). The molecular weight excluding hydrogens is 343 g/mol. The molecular formula is C20H22F3NO2. The Hall–Kier alpha value is -2.21. The Morgan fingerprint density at radius 3 is 2.42 bits per heavy atom. The molecule has 2 aromatic carbocycles. The number of hydrogen-bond acceptors (Lipinski definition) is 3. The summed E-state index contributed by atoms with van der Waals surface area (Å²) < 4.78 is 49.8. The van der Waals surface area contributed by atoms with Crippen LogP contribution in [0.2, 0.25) is 0 Å². The number of hydrogen-bond donors (Lipinski definition) is 1. The van der Waals surface area contributed by atoms with E-state index in [0.717, 1.165) is 17.4 Å². The van der Waals surface area contributed by atoms with E-state index in [1.807, 2.05) is 18.2 Å². The third-order valence-electron chi connectivity index (χ3n) is 4.37. The molecule has 1 unspecified atom stereocenters. The van der Waals surface area contributed by atoms with Crippen LogP contribution < -0.4 is 14.8 Å². The monoisotopic (exact) mass is 365 g/mol. The van der Waals surface area contributed by atoms with Crippen molar-refractivity contribution in [3.8, 4) is 11.5 Å². The van der Waals surface area contributed by atoms with Crippen molar-refractivity contribution in [3.63, 3.8) is 0 Å². The maximum absolute atomic E-state index is 12.9. The van der Waals surface area contributed by atoms with Gasteiger partial charge in [0.1, 0.15) is 13.2 Å². The normalized spacial score (nSPS) is 15.2. The first-order valence-corrected chi connectivity index (χ1v) is 8.63. The second-order valence-corrected chi connectivity index (χ2v) is 6.70. The van der Waals surface area contributed by atoms with Gasteiger partial charge in [0.15, 0.2) is 11.5 Å². The van der Waals surface area contributed by atoms with E-state index in [2.05, 4.69) is 19.2 Å². The van der Waals surface area contributed by atoms with Crippen LogP contribution in [-0.2, 0) is 12.7 Å². The topological polar surface area (TPSA) is 30.5 Å². The number of alkyl halides is 3. The lowest BCUT2D eigenvalue weighted by Crippen LogP contribution is -2.26. The van der Waals surface area contributed by atoms with Crippen LogP contribution in [0, 0.1) is 5.92 Å². The molecule has 0 bridgehead atoms. The molecule has 0 fully saturated rings. The van der Waals surface area contributed by atoms with Crippen LogP contribution in [0.25, 0.3) is 0 Å². The fraction of sp³-hybridized carbons (Fsp3) is 0.400. The van der Waals surface area contributed by atoms with E-state index in [-0.39, 0.29) is 12.0 Å². The Kier molecular flexibility index (Phi) is 5.41. The van der Waals surface area contributed by atoms with Crippen molar-refractivity contribution in [1.82, 2.24) is 5.32 Å². The van der Waals surface area contributed by atoms with E-state index < -0.39 is 11.7 Å². The van der Waals surface area contributed by atoms with Crippen LogP contribution in [0.4, 0.5) is 13.2 Å². The van der Waals surface area contributed by atoms with Crippen molar-refractivity contribution < 1.29 is 22.6 Å². The van der Waals surface area contributed by atoms with Crippen molar-refractivity contribution in [2.75, 3.05) is 13.2 Å². The molecule has 0 aromatic heterocycles. The van der Waals surface area contributed by atoms with Crippen LogP contribution in [0.1, 0.15) is 36.6 Å². The summed E-state index contributed by atoms with van der Waals surface area (Å²) in [6, 6.07) is 11.2. The maximum atomic E-state index is 12.9. The molecule has 6 heteroatoms. The summed E-state index contributed by atoms with van der Waals surface area (Å²) in [7, 11) is 0. The standard InChI is InChI=1S/C20H22F3NO2/c1-13(2)19(15-6-7-17-18(11-15)26-9-8-25-17)24-12-14-4-3-5-16(10-14)20(21,22)23/h3-7,10-11,13,19,24H,8-9,12H2,1-2H3. The van der Waals surface area contributed by atoms with E-state index in [9.17, 15) is 13.2 Å². The van der Waals surface area contributed by atoms with Crippen molar-refractivity contribution in [3.05, 3.63) is 59.2 Å². The van der Waals surface area contributed by atoms with Crippen molar-refractivity contribution in [1.29, 1.82) is 0 Å². The summed E-state index contributed by atoms with van der Waals surface area (Å²) in [6.45, 7) is 5.54. The van der Waals surface area contributed by atoms with Gasteiger partial charge in [-0.15, -0.1) is 0 Å². The van der Waals surface area contributed by atoms with Crippen LogP contribution in [0.5, 0.6) is 11.5 Å². The number of ether oxygens (including phenoxy) is 2. The van der Waals surface area contributed by atoms with Gasteiger partial charge in [0, 0.05) is 12.6 Å². The van der Waals surface area contributed by atoms with Gasteiger partial charge in [-0.1, -0.05) is 38.1 Å². The first kappa shape index (κ1) is 18.6. The average Bonchev–Trinajstić information content (AvgIpc) is 2.61. The van der Waals surface area contributed by atoms with Crippen molar-refractivity contribution in [2.45, 2.75) is 32.6 Å². The van der Waals surface area contributed by atoms with Gasteiger partial charge in [-0.25, -0.2) is 0 Å². The van der Waals surface area contributed by atoms with Gasteiger partial charge < -0.3 is 14.8 Å². The van der Waals surface area contributed by atoms with E-state index in [0.29, 0.717) is 31.1 Å². The zero-order chi connectivity index (χ0) is 18.7. The minimum atomic E-state index is -4.33. The van der Waals surface area contributed by atoms with E-state index in [1.54, 1.807) is 6.07 Å². The zero-order valence-electron chi connectivity index (χ0n) is 14.8. The Morgan fingerprint density at radius 1 is 1.00 bits per heavy atom. The van der Waals surface area contributed by atoms with Gasteiger partial charge in [0.05, 0.1) is 5.56 Å². The molecule has 0 spiro atoms. The van der Waals surface area contributed by atoms with Gasteiger partial charge in [-0.2, -0.15) is 13.2 Å². The molecule has 1 atom stereocenters. The molecule has 0 saturated heterocycles. The summed E-state index contributed by atoms with van der Waals surface area (Å²) in [5, 5.41) is 3.37. The van der Waals surface area contributed by atoms with E-state index >= 15 is 0 Å². The largest absolute Gasteiger partial charge is 0.486 e. The summed E-state index contributed by atoms with van der Waals surface area (Å²) in [6.07, 6.45) is -4.33. The molecule has 1 N–H and O–H groups in total. The lowest BCUT2D eigenvalue weighted by Gasteiger charge is -2.25. The summed E-state index contributed by atoms with van der Waals surface area (Å²) in [5.74, 6) is 1.68. The van der Waals surface area contributed by atoms with Crippen molar-refractivity contribution >= 4 is 0 Å². The third-order valence-corrected chi connectivity index (χ3v) is 4.37. The van der Waals surface area contributed by atoms with Gasteiger partial charge >= 0.3 is 6.18 Å². The van der Waals surface area contributed by atoms with Gasteiger partial charge in [-0.05, 0) is 35.2 Å². The highest BCUT2D eigenvalue weighted by Crippen LogP contribution is 2.34. The number of nitrogens with one attached hydrogen (secondary N) is 1. The molecule has 0 aliphatic carbocycles. The molecule has 0 saturated carbocycles. The molecule has 26 heavy (non-hydrogen) atoms. The third kappa shape index (κ3) is 4.30. The molecule has 3 nitrogen and oxygen atoms in total. The number of benzene rings is 2.